The Morgan fingerprint density at radius 2 is 1.80 bits per heavy atom. The molecular formula is C12H16N2O. The van der Waals surface area contributed by atoms with Gasteiger partial charge >= 0.3 is 0 Å². The number of furan rings is 1. The summed E-state index contributed by atoms with van der Waals surface area (Å²) in [4.78, 5) is 8.50. The lowest BCUT2D eigenvalue weighted by Gasteiger charge is -2.07. The Labute approximate surface area is 89.5 Å². The minimum atomic E-state index is 0.394. The average molecular weight is 204 g/mol. The molecule has 0 radical (unpaired) electrons. The van der Waals surface area contributed by atoms with Gasteiger partial charge in [-0.1, -0.05) is 27.7 Å². The van der Waals surface area contributed by atoms with E-state index in [0.717, 1.165) is 11.1 Å². The van der Waals surface area contributed by atoms with Crippen LogP contribution < -0.4 is 0 Å². The molecule has 3 nitrogen and oxygen atoms in total. The van der Waals surface area contributed by atoms with Crippen LogP contribution >= 0.6 is 0 Å². The maximum atomic E-state index is 5.45. The van der Waals surface area contributed by atoms with E-state index in [4.69, 9.17) is 4.42 Å². The molecule has 0 saturated heterocycles. The summed E-state index contributed by atoms with van der Waals surface area (Å²) in [5.41, 5.74) is 2.99. The second kappa shape index (κ2) is 3.65. The second-order valence-electron chi connectivity index (χ2n) is 4.44. The second-order valence-corrected chi connectivity index (χ2v) is 4.44. The molecule has 0 atom stereocenters. The topological polar surface area (TPSA) is 38.9 Å². The summed E-state index contributed by atoms with van der Waals surface area (Å²) < 4.78 is 5.45. The largest absolute Gasteiger partial charge is 0.446 e. The van der Waals surface area contributed by atoms with Gasteiger partial charge in [-0.3, -0.25) is 0 Å². The minimum Gasteiger partial charge on any atom is -0.446 e. The number of fused-ring (bicyclic) bond motifs is 1. The smallest absolute Gasteiger partial charge is 0.229 e. The van der Waals surface area contributed by atoms with E-state index in [0.29, 0.717) is 17.5 Å². The van der Waals surface area contributed by atoms with Crippen LogP contribution in [0.1, 0.15) is 50.8 Å². The molecule has 2 aromatic heterocycles. The Balaban J connectivity index is 2.75. The molecule has 0 N–H and O–H groups in total. The van der Waals surface area contributed by atoms with Crippen LogP contribution in [-0.2, 0) is 0 Å². The third kappa shape index (κ3) is 1.62. The van der Waals surface area contributed by atoms with Crippen molar-refractivity contribution in [2.75, 3.05) is 0 Å². The average Bonchev–Trinajstić information content (AvgIpc) is 2.60. The third-order valence-corrected chi connectivity index (χ3v) is 2.60. The summed E-state index contributed by atoms with van der Waals surface area (Å²) in [6.07, 6.45) is 3.38. The molecule has 2 rings (SSSR count). The van der Waals surface area contributed by atoms with Crippen LogP contribution in [-0.4, -0.2) is 9.97 Å². The van der Waals surface area contributed by atoms with E-state index in [9.17, 15) is 0 Å². The molecule has 3 heteroatoms. The van der Waals surface area contributed by atoms with Crippen molar-refractivity contribution >= 4 is 11.1 Å². The lowest BCUT2D eigenvalue weighted by molar-refractivity contribution is 0.593. The number of aromatic nitrogens is 2. The van der Waals surface area contributed by atoms with Crippen molar-refractivity contribution in [2.45, 2.75) is 39.5 Å². The normalized spacial score (nSPS) is 11.9. The molecule has 0 aliphatic rings. The van der Waals surface area contributed by atoms with Gasteiger partial charge in [0.15, 0.2) is 0 Å². The van der Waals surface area contributed by atoms with Gasteiger partial charge in [0.25, 0.3) is 0 Å². The van der Waals surface area contributed by atoms with Crippen molar-refractivity contribution in [1.29, 1.82) is 0 Å². The van der Waals surface area contributed by atoms with E-state index in [1.807, 2.05) is 0 Å². The van der Waals surface area contributed by atoms with Crippen molar-refractivity contribution in [1.82, 2.24) is 9.97 Å². The van der Waals surface area contributed by atoms with E-state index in [1.54, 1.807) is 12.6 Å². The Morgan fingerprint density at radius 3 is 2.40 bits per heavy atom. The fourth-order valence-corrected chi connectivity index (χ4v) is 1.78. The molecule has 0 aromatic carbocycles. The first kappa shape index (κ1) is 10.1. The van der Waals surface area contributed by atoms with E-state index in [2.05, 4.69) is 37.7 Å². The van der Waals surface area contributed by atoms with Crippen LogP contribution in [0.3, 0.4) is 0 Å². The van der Waals surface area contributed by atoms with E-state index in [1.165, 1.54) is 5.56 Å². The first-order valence-electron chi connectivity index (χ1n) is 5.33. The lowest BCUT2D eigenvalue weighted by atomic mass is 9.98. The quantitative estimate of drug-likeness (QED) is 0.751. The molecule has 0 saturated carbocycles. The molecule has 0 amide bonds. The predicted octanol–water partition coefficient (Wildman–Crippen LogP) is 3.47. The zero-order chi connectivity index (χ0) is 11.0. The molecule has 0 fully saturated rings. The Kier molecular flexibility index (Phi) is 2.47. The molecule has 0 spiro atoms. The van der Waals surface area contributed by atoms with Gasteiger partial charge in [-0.25, -0.2) is 9.97 Å². The van der Waals surface area contributed by atoms with Crippen LogP contribution in [0.25, 0.3) is 11.1 Å². The molecule has 0 aliphatic carbocycles. The van der Waals surface area contributed by atoms with Gasteiger partial charge < -0.3 is 4.42 Å². The summed E-state index contributed by atoms with van der Waals surface area (Å²) in [6.45, 7) is 8.58. The van der Waals surface area contributed by atoms with Gasteiger partial charge in [0, 0.05) is 5.56 Å². The van der Waals surface area contributed by atoms with Crippen molar-refractivity contribution < 1.29 is 4.42 Å². The summed E-state index contributed by atoms with van der Waals surface area (Å²) in [5.74, 6) is 0.834. The van der Waals surface area contributed by atoms with Crippen LogP contribution in [0, 0.1) is 0 Å². The fourth-order valence-electron chi connectivity index (χ4n) is 1.78. The minimum absolute atomic E-state index is 0.394. The molecule has 2 aromatic rings. The van der Waals surface area contributed by atoms with Gasteiger partial charge in [-0.05, 0) is 11.8 Å². The highest BCUT2D eigenvalue weighted by Gasteiger charge is 2.16. The summed E-state index contributed by atoms with van der Waals surface area (Å²) in [6, 6.07) is 0. The number of hydrogen-bond acceptors (Lipinski definition) is 3. The van der Waals surface area contributed by atoms with Crippen LogP contribution in [0.2, 0.25) is 0 Å². The number of rotatable bonds is 2. The Morgan fingerprint density at radius 1 is 1.07 bits per heavy atom. The van der Waals surface area contributed by atoms with Gasteiger partial charge in [0.1, 0.15) is 6.33 Å². The van der Waals surface area contributed by atoms with Gasteiger partial charge in [-0.15, -0.1) is 0 Å². The number of hydrogen-bond donors (Lipinski definition) is 0. The molecule has 80 valence electrons. The van der Waals surface area contributed by atoms with Gasteiger partial charge in [0.05, 0.1) is 17.3 Å². The lowest BCUT2D eigenvalue weighted by Crippen LogP contribution is -1.97. The van der Waals surface area contributed by atoms with Crippen molar-refractivity contribution in [3.63, 3.8) is 0 Å². The summed E-state index contributed by atoms with van der Waals surface area (Å²) in [7, 11) is 0. The number of nitrogens with zero attached hydrogens (tertiary/aromatic N) is 2. The van der Waals surface area contributed by atoms with E-state index < -0.39 is 0 Å². The third-order valence-electron chi connectivity index (χ3n) is 2.60. The van der Waals surface area contributed by atoms with Crippen molar-refractivity contribution in [3.8, 4) is 0 Å². The highest BCUT2D eigenvalue weighted by molar-refractivity contribution is 5.81. The van der Waals surface area contributed by atoms with E-state index in [-0.39, 0.29) is 0 Å². The standard InChI is InChI=1S/C12H16N2O/c1-7(2)9-5-15-12-10(9)11(8(3)4)13-6-14-12/h5-8H,1-4H3. The SMILES string of the molecule is CC(C)c1coc2ncnc(C(C)C)c12. The first-order valence-corrected chi connectivity index (χ1v) is 5.33. The molecule has 0 aliphatic heterocycles. The van der Waals surface area contributed by atoms with Crippen molar-refractivity contribution in [2.24, 2.45) is 0 Å². The molecule has 2 heterocycles. The summed E-state index contributed by atoms with van der Waals surface area (Å²) in [5, 5.41) is 1.10. The summed E-state index contributed by atoms with van der Waals surface area (Å²) >= 11 is 0. The van der Waals surface area contributed by atoms with Crippen LogP contribution in [0.5, 0.6) is 0 Å². The maximum absolute atomic E-state index is 5.45. The molecule has 15 heavy (non-hydrogen) atoms. The predicted molar refractivity (Wildman–Crippen MR) is 60.0 cm³/mol. The van der Waals surface area contributed by atoms with Gasteiger partial charge in [-0.2, -0.15) is 0 Å². The Hall–Kier alpha value is -1.38. The molecular weight excluding hydrogens is 188 g/mol. The zero-order valence-electron chi connectivity index (χ0n) is 9.61. The fraction of sp³-hybridized carbons (Fsp3) is 0.500. The highest BCUT2D eigenvalue weighted by atomic mass is 16.3. The molecule has 0 unspecified atom stereocenters. The highest BCUT2D eigenvalue weighted by Crippen LogP contribution is 2.30. The zero-order valence-corrected chi connectivity index (χ0v) is 9.61. The van der Waals surface area contributed by atoms with Gasteiger partial charge in [0.2, 0.25) is 5.71 Å². The Bertz CT molecular complexity index is 471. The van der Waals surface area contributed by atoms with Crippen LogP contribution in [0.15, 0.2) is 17.0 Å². The van der Waals surface area contributed by atoms with Crippen molar-refractivity contribution in [3.05, 3.63) is 23.8 Å². The monoisotopic (exact) mass is 204 g/mol. The first-order chi connectivity index (χ1) is 7.11. The molecule has 0 bridgehead atoms. The maximum Gasteiger partial charge on any atom is 0.229 e. The van der Waals surface area contributed by atoms with E-state index >= 15 is 0 Å². The van der Waals surface area contributed by atoms with Crippen LogP contribution in [0.4, 0.5) is 0 Å².